The Hall–Kier alpha value is -4.58. The Morgan fingerprint density at radius 1 is 1.19 bits per heavy atom. The Morgan fingerprint density at radius 2 is 1.98 bits per heavy atom. The van der Waals surface area contributed by atoms with Gasteiger partial charge in [0.1, 0.15) is 28.8 Å². The molecule has 3 aromatic rings. The Morgan fingerprint density at radius 3 is 2.67 bits per heavy atom. The van der Waals surface area contributed by atoms with Crippen LogP contribution in [0.2, 0.25) is 5.02 Å². The Bertz CT molecular complexity index is 1600. The standard InChI is InChI=1S/C30H31ClN4O8/c1-15-10-22(34-28(39)21-13-19-20(33-21)4-3-5-26(19)42-2)29(40)35(15)23(11-16-8-9-32-27(16)38)25(37)14-43-30(41)18-7-6-17(31)12-24(18)36/h3-7,12-13,15-16,22-23,33,36H,8-11,14H2,1-2H3,(H,32,38)(H,34,39)/t15?,16-,22-,23-/m0/s1. The molecule has 2 aliphatic heterocycles. The molecule has 5 rings (SSSR count). The fourth-order valence-electron chi connectivity index (χ4n) is 5.73. The molecule has 3 heterocycles. The molecule has 12 nitrogen and oxygen atoms in total. The summed E-state index contributed by atoms with van der Waals surface area (Å²) in [5, 5.41) is 16.5. The number of fused-ring (bicyclic) bond motifs is 1. The number of amides is 3. The predicted octanol–water partition coefficient (Wildman–Crippen LogP) is 2.58. The van der Waals surface area contributed by atoms with Crippen molar-refractivity contribution >= 4 is 52.0 Å². The number of ketones is 1. The molecule has 2 aromatic carbocycles. The summed E-state index contributed by atoms with van der Waals surface area (Å²) < 4.78 is 10.6. The number of methoxy groups -OCH3 is 1. The number of ether oxygens (including phenoxy) is 2. The van der Waals surface area contributed by atoms with E-state index >= 15 is 0 Å². The van der Waals surface area contributed by atoms with Crippen LogP contribution in [0.1, 0.15) is 47.0 Å². The second kappa shape index (κ2) is 12.3. The lowest BCUT2D eigenvalue weighted by Crippen LogP contribution is -2.51. The molecule has 226 valence electrons. The number of aromatic amines is 1. The normalized spacial score (nSPS) is 20.6. The number of phenols is 1. The zero-order chi connectivity index (χ0) is 30.8. The second-order valence-electron chi connectivity index (χ2n) is 10.7. The number of benzene rings is 2. The molecule has 2 saturated heterocycles. The van der Waals surface area contributed by atoms with Crippen LogP contribution in [0.3, 0.4) is 0 Å². The van der Waals surface area contributed by atoms with E-state index in [-0.39, 0.29) is 35.0 Å². The molecule has 4 atom stereocenters. The van der Waals surface area contributed by atoms with Crippen LogP contribution in [0.4, 0.5) is 0 Å². The van der Waals surface area contributed by atoms with Gasteiger partial charge in [0, 0.05) is 34.4 Å². The number of likely N-dealkylation sites (tertiary alicyclic amines) is 1. The first-order chi connectivity index (χ1) is 20.6. The van der Waals surface area contributed by atoms with Crippen LogP contribution < -0.4 is 15.4 Å². The predicted molar refractivity (Wildman–Crippen MR) is 155 cm³/mol. The fourth-order valence-corrected chi connectivity index (χ4v) is 5.89. The molecule has 4 N–H and O–H groups in total. The number of phenolic OH excluding ortho intramolecular Hbond substituents is 1. The summed E-state index contributed by atoms with van der Waals surface area (Å²) >= 11 is 5.82. The van der Waals surface area contributed by atoms with Gasteiger partial charge in [0.2, 0.25) is 11.8 Å². The molecular weight excluding hydrogens is 580 g/mol. The Kier molecular flexibility index (Phi) is 8.58. The third kappa shape index (κ3) is 6.14. The maximum absolute atomic E-state index is 13.7. The topological polar surface area (TPSA) is 167 Å². The Balaban J connectivity index is 1.32. The van der Waals surface area contributed by atoms with Crippen molar-refractivity contribution in [3.63, 3.8) is 0 Å². The highest BCUT2D eigenvalue weighted by molar-refractivity contribution is 6.30. The van der Waals surface area contributed by atoms with E-state index in [4.69, 9.17) is 21.1 Å². The van der Waals surface area contributed by atoms with Gasteiger partial charge in [-0.25, -0.2) is 4.79 Å². The first-order valence-electron chi connectivity index (χ1n) is 13.8. The number of hydrogen-bond acceptors (Lipinski definition) is 8. The number of H-pyrrole nitrogens is 1. The molecule has 0 aliphatic carbocycles. The van der Waals surface area contributed by atoms with Gasteiger partial charge >= 0.3 is 5.97 Å². The van der Waals surface area contributed by atoms with Gasteiger partial charge in [-0.2, -0.15) is 0 Å². The van der Waals surface area contributed by atoms with E-state index in [0.717, 1.165) is 0 Å². The quantitative estimate of drug-likeness (QED) is 0.254. The number of hydrogen-bond donors (Lipinski definition) is 4. The fraction of sp³-hybridized carbons (Fsp3) is 0.367. The van der Waals surface area contributed by atoms with Crippen molar-refractivity contribution in [2.45, 2.75) is 44.3 Å². The van der Waals surface area contributed by atoms with Crippen molar-refractivity contribution < 1.29 is 38.6 Å². The van der Waals surface area contributed by atoms with Crippen molar-refractivity contribution in [3.05, 3.63) is 58.7 Å². The lowest BCUT2D eigenvalue weighted by molar-refractivity contribution is -0.141. The number of carbonyl (C=O) groups excluding carboxylic acids is 5. The average molecular weight is 611 g/mol. The highest BCUT2D eigenvalue weighted by atomic mass is 35.5. The van der Waals surface area contributed by atoms with E-state index in [1.807, 2.05) is 0 Å². The van der Waals surface area contributed by atoms with Crippen LogP contribution in [0.25, 0.3) is 10.9 Å². The van der Waals surface area contributed by atoms with Crippen LogP contribution >= 0.6 is 11.6 Å². The van der Waals surface area contributed by atoms with Gasteiger partial charge in [0.15, 0.2) is 12.4 Å². The summed E-state index contributed by atoms with van der Waals surface area (Å²) in [6.45, 7) is 1.52. The molecular formula is C30H31ClN4O8. The first kappa shape index (κ1) is 29.9. The number of nitrogens with one attached hydrogen (secondary N) is 3. The zero-order valence-electron chi connectivity index (χ0n) is 23.5. The average Bonchev–Trinajstić information content (AvgIpc) is 3.67. The van der Waals surface area contributed by atoms with Gasteiger partial charge in [0.25, 0.3) is 5.91 Å². The van der Waals surface area contributed by atoms with E-state index in [0.29, 0.717) is 29.6 Å². The summed E-state index contributed by atoms with van der Waals surface area (Å²) in [5.41, 5.74) is 0.761. The van der Waals surface area contributed by atoms with E-state index in [1.165, 1.54) is 30.2 Å². The van der Waals surface area contributed by atoms with E-state index < -0.39 is 60.0 Å². The third-order valence-corrected chi connectivity index (χ3v) is 8.14. The minimum atomic E-state index is -1.08. The van der Waals surface area contributed by atoms with Crippen LogP contribution in [0.15, 0.2) is 42.5 Å². The molecule has 3 amide bonds. The minimum Gasteiger partial charge on any atom is -0.507 e. The summed E-state index contributed by atoms with van der Waals surface area (Å²) in [5.74, 6) is -3.06. The maximum atomic E-state index is 13.7. The molecule has 2 fully saturated rings. The van der Waals surface area contributed by atoms with Gasteiger partial charge in [-0.3, -0.25) is 19.2 Å². The van der Waals surface area contributed by atoms with Crippen molar-refractivity contribution in [3.8, 4) is 11.5 Å². The molecule has 0 radical (unpaired) electrons. The van der Waals surface area contributed by atoms with Gasteiger partial charge in [-0.15, -0.1) is 0 Å². The number of Topliss-reactive ketones (excluding diaryl/α,β-unsaturated/α-hetero) is 1. The largest absolute Gasteiger partial charge is 0.507 e. The molecule has 13 heteroatoms. The number of rotatable bonds is 10. The summed E-state index contributed by atoms with van der Waals surface area (Å²) in [6.07, 6.45) is 0.752. The molecule has 43 heavy (non-hydrogen) atoms. The third-order valence-electron chi connectivity index (χ3n) is 7.90. The van der Waals surface area contributed by atoms with Crippen molar-refractivity contribution in [2.75, 3.05) is 20.3 Å². The summed E-state index contributed by atoms with van der Waals surface area (Å²) in [6, 6.07) is 8.38. The van der Waals surface area contributed by atoms with Crippen molar-refractivity contribution in [1.29, 1.82) is 0 Å². The molecule has 1 unspecified atom stereocenters. The highest BCUT2D eigenvalue weighted by Crippen LogP contribution is 2.30. The van der Waals surface area contributed by atoms with Crippen LogP contribution in [0, 0.1) is 5.92 Å². The molecule has 0 bridgehead atoms. The number of halogens is 1. The number of aromatic hydroxyl groups is 1. The maximum Gasteiger partial charge on any atom is 0.342 e. The van der Waals surface area contributed by atoms with E-state index in [2.05, 4.69) is 15.6 Å². The van der Waals surface area contributed by atoms with Gasteiger partial charge in [0.05, 0.1) is 13.2 Å². The van der Waals surface area contributed by atoms with Crippen molar-refractivity contribution in [1.82, 2.24) is 20.5 Å². The Labute approximate surface area is 251 Å². The van der Waals surface area contributed by atoms with Gasteiger partial charge in [-0.05, 0) is 62.6 Å². The van der Waals surface area contributed by atoms with Gasteiger partial charge in [-0.1, -0.05) is 17.7 Å². The monoisotopic (exact) mass is 610 g/mol. The lowest BCUT2D eigenvalue weighted by atomic mass is 9.94. The number of esters is 1. The lowest BCUT2D eigenvalue weighted by Gasteiger charge is -2.32. The number of nitrogens with zero attached hydrogens (tertiary/aromatic N) is 1. The van der Waals surface area contributed by atoms with Crippen LogP contribution in [-0.4, -0.2) is 82.9 Å². The molecule has 1 aromatic heterocycles. The molecule has 2 aliphatic rings. The van der Waals surface area contributed by atoms with Crippen LogP contribution in [0.5, 0.6) is 11.5 Å². The van der Waals surface area contributed by atoms with Crippen LogP contribution in [-0.2, 0) is 19.1 Å². The smallest absolute Gasteiger partial charge is 0.342 e. The number of carbonyl (C=O) groups is 5. The highest BCUT2D eigenvalue weighted by Gasteiger charge is 2.45. The summed E-state index contributed by atoms with van der Waals surface area (Å²) in [7, 11) is 1.53. The van der Waals surface area contributed by atoms with Gasteiger partial charge < -0.3 is 35.1 Å². The second-order valence-corrected chi connectivity index (χ2v) is 11.1. The molecule has 0 spiro atoms. The zero-order valence-corrected chi connectivity index (χ0v) is 24.3. The number of aromatic nitrogens is 1. The van der Waals surface area contributed by atoms with E-state index in [9.17, 15) is 29.1 Å². The SMILES string of the molecule is COc1cccc2[nH]c(C(=O)N[C@H]3CC(C)N([C@@H](C[C@@H]4CCNC4=O)C(=O)COC(=O)c4ccc(Cl)cc4O)C3=O)cc12. The van der Waals surface area contributed by atoms with Crippen molar-refractivity contribution in [2.24, 2.45) is 5.92 Å². The van der Waals surface area contributed by atoms with E-state index in [1.54, 1.807) is 31.2 Å². The summed E-state index contributed by atoms with van der Waals surface area (Å²) in [4.78, 5) is 69.7. The molecule has 0 saturated carbocycles. The first-order valence-corrected chi connectivity index (χ1v) is 14.2. The minimum absolute atomic E-state index is 0.0347.